The van der Waals surface area contributed by atoms with Gasteiger partial charge >= 0.3 is 0 Å². The van der Waals surface area contributed by atoms with Gasteiger partial charge in [-0.2, -0.15) is 0 Å². The first kappa shape index (κ1) is 21.0. The molecule has 0 aliphatic carbocycles. The lowest BCUT2D eigenvalue weighted by Crippen LogP contribution is -2.39. The fourth-order valence-corrected chi connectivity index (χ4v) is 1.95. The molecule has 1 aromatic rings. The third-order valence-electron chi connectivity index (χ3n) is 2.67. The highest BCUT2D eigenvalue weighted by molar-refractivity contribution is 14.0. The first-order chi connectivity index (χ1) is 10.0. The molecule has 0 aromatic heterocycles. The van der Waals surface area contributed by atoms with Gasteiger partial charge < -0.3 is 16.0 Å². The number of halogens is 2. The minimum absolute atomic E-state index is 0. The van der Waals surface area contributed by atoms with Crippen molar-refractivity contribution < 1.29 is 4.79 Å². The van der Waals surface area contributed by atoms with E-state index in [0.29, 0.717) is 30.5 Å². The first-order valence-electron chi connectivity index (χ1n) is 6.99. The Morgan fingerprint density at radius 1 is 1.32 bits per heavy atom. The van der Waals surface area contributed by atoms with Crippen LogP contribution < -0.4 is 16.0 Å². The quantitative estimate of drug-likeness (QED) is 0.363. The van der Waals surface area contributed by atoms with Crippen LogP contribution in [-0.4, -0.2) is 31.5 Å². The molecule has 0 bridgehead atoms. The Labute approximate surface area is 154 Å². The zero-order valence-corrected chi connectivity index (χ0v) is 16.2. The van der Waals surface area contributed by atoms with E-state index in [2.05, 4.69) is 20.9 Å². The topological polar surface area (TPSA) is 65.5 Å². The summed E-state index contributed by atoms with van der Waals surface area (Å²) < 4.78 is 0. The molecule has 1 rings (SSSR count). The number of hydrogen-bond donors (Lipinski definition) is 3. The number of guanidine groups is 1. The van der Waals surface area contributed by atoms with Crippen molar-refractivity contribution in [3.8, 4) is 0 Å². The lowest BCUT2D eigenvalue weighted by Gasteiger charge is -2.13. The maximum Gasteiger partial charge on any atom is 0.221 e. The maximum absolute atomic E-state index is 11.5. The van der Waals surface area contributed by atoms with Crippen LogP contribution in [0.5, 0.6) is 0 Å². The second-order valence-electron chi connectivity index (χ2n) is 4.95. The molecule has 0 saturated heterocycles. The number of carbonyl (C=O) groups is 1. The fraction of sp³-hybridized carbons (Fsp3) is 0.467. The molecule has 0 atom stereocenters. The Morgan fingerprint density at radius 2 is 2.05 bits per heavy atom. The highest BCUT2D eigenvalue weighted by Crippen LogP contribution is 2.10. The Hall–Kier alpha value is -1.02. The minimum Gasteiger partial charge on any atom is -0.356 e. The average molecular weight is 439 g/mol. The molecule has 5 nitrogen and oxygen atoms in total. The SMILES string of the molecule is CN=C(NCCC(=O)NC(C)C)NCc1cccc(Cl)c1.I. The number of nitrogens with one attached hydrogen (secondary N) is 3. The van der Waals surface area contributed by atoms with E-state index in [1.165, 1.54) is 0 Å². The van der Waals surface area contributed by atoms with Crippen molar-refractivity contribution in [2.75, 3.05) is 13.6 Å². The van der Waals surface area contributed by atoms with Crippen LogP contribution in [0.1, 0.15) is 25.8 Å². The molecule has 1 aromatic carbocycles. The molecule has 0 aliphatic rings. The molecule has 22 heavy (non-hydrogen) atoms. The summed E-state index contributed by atoms with van der Waals surface area (Å²) in [5.41, 5.74) is 1.07. The van der Waals surface area contributed by atoms with Gasteiger partial charge in [0.05, 0.1) is 0 Å². The summed E-state index contributed by atoms with van der Waals surface area (Å²) in [6.07, 6.45) is 0.413. The predicted octanol–water partition coefficient (Wildman–Crippen LogP) is 2.54. The van der Waals surface area contributed by atoms with Gasteiger partial charge in [-0.1, -0.05) is 23.7 Å². The molecule has 124 valence electrons. The summed E-state index contributed by atoms with van der Waals surface area (Å²) in [4.78, 5) is 15.6. The average Bonchev–Trinajstić information content (AvgIpc) is 2.41. The number of rotatable bonds is 6. The molecule has 0 heterocycles. The van der Waals surface area contributed by atoms with Crippen LogP contribution >= 0.6 is 35.6 Å². The Kier molecular flexibility index (Phi) is 11.0. The summed E-state index contributed by atoms with van der Waals surface area (Å²) in [6, 6.07) is 7.80. The van der Waals surface area contributed by atoms with Crippen LogP contribution in [-0.2, 0) is 11.3 Å². The van der Waals surface area contributed by atoms with Crippen LogP contribution in [0.25, 0.3) is 0 Å². The minimum atomic E-state index is 0. The van der Waals surface area contributed by atoms with E-state index in [-0.39, 0.29) is 35.9 Å². The number of amides is 1. The summed E-state index contributed by atoms with van der Waals surface area (Å²) in [6.45, 7) is 5.04. The van der Waals surface area contributed by atoms with Gasteiger partial charge in [0.15, 0.2) is 5.96 Å². The fourth-order valence-electron chi connectivity index (χ4n) is 1.74. The van der Waals surface area contributed by atoms with Crippen LogP contribution in [0.15, 0.2) is 29.3 Å². The number of benzene rings is 1. The molecule has 0 aliphatic heterocycles. The van der Waals surface area contributed by atoms with Gasteiger partial charge in [-0.25, -0.2) is 0 Å². The van der Waals surface area contributed by atoms with Crippen LogP contribution in [0.4, 0.5) is 0 Å². The maximum atomic E-state index is 11.5. The predicted molar refractivity (Wildman–Crippen MR) is 103 cm³/mol. The standard InChI is InChI=1S/C15H23ClN4O.HI/c1-11(2)20-14(21)7-8-18-15(17-3)19-10-12-5-4-6-13(16)9-12;/h4-6,9,11H,7-8,10H2,1-3H3,(H,20,21)(H2,17,18,19);1H. The molecular weight excluding hydrogens is 415 g/mol. The molecular formula is C15H24ClIN4O. The van der Waals surface area contributed by atoms with Gasteiger partial charge in [0.2, 0.25) is 5.91 Å². The summed E-state index contributed by atoms with van der Waals surface area (Å²) in [7, 11) is 1.70. The van der Waals surface area contributed by atoms with E-state index in [1.54, 1.807) is 7.05 Å². The number of hydrogen-bond acceptors (Lipinski definition) is 2. The van der Waals surface area contributed by atoms with Gasteiger partial charge in [-0.15, -0.1) is 24.0 Å². The van der Waals surface area contributed by atoms with E-state index in [0.717, 1.165) is 5.56 Å². The van der Waals surface area contributed by atoms with Crippen molar-refractivity contribution in [3.05, 3.63) is 34.9 Å². The molecule has 0 saturated carbocycles. The van der Waals surface area contributed by atoms with Gasteiger partial charge in [0, 0.05) is 37.6 Å². The number of aliphatic imine (C=N–C) groups is 1. The molecule has 0 fully saturated rings. The zero-order chi connectivity index (χ0) is 15.7. The van der Waals surface area contributed by atoms with E-state index < -0.39 is 0 Å². The molecule has 0 spiro atoms. The Bertz CT molecular complexity index is 494. The normalized spacial score (nSPS) is 10.9. The van der Waals surface area contributed by atoms with Gasteiger partial charge in [-0.3, -0.25) is 9.79 Å². The number of carbonyl (C=O) groups excluding carboxylic acids is 1. The highest BCUT2D eigenvalue weighted by atomic mass is 127. The highest BCUT2D eigenvalue weighted by Gasteiger charge is 2.04. The first-order valence-corrected chi connectivity index (χ1v) is 7.37. The molecule has 7 heteroatoms. The third-order valence-corrected chi connectivity index (χ3v) is 2.90. The van der Waals surface area contributed by atoms with Crippen molar-refractivity contribution in [1.29, 1.82) is 0 Å². The van der Waals surface area contributed by atoms with E-state index in [1.807, 2.05) is 38.1 Å². The lowest BCUT2D eigenvalue weighted by atomic mass is 10.2. The van der Waals surface area contributed by atoms with Crippen LogP contribution in [0.2, 0.25) is 5.02 Å². The summed E-state index contributed by atoms with van der Waals surface area (Å²) in [5.74, 6) is 0.690. The van der Waals surface area contributed by atoms with Crippen LogP contribution in [0, 0.1) is 0 Å². The van der Waals surface area contributed by atoms with Crippen molar-refractivity contribution in [2.24, 2.45) is 4.99 Å². The van der Waals surface area contributed by atoms with Crippen molar-refractivity contribution in [1.82, 2.24) is 16.0 Å². The molecule has 1 amide bonds. The van der Waals surface area contributed by atoms with Crippen LogP contribution in [0.3, 0.4) is 0 Å². The van der Waals surface area contributed by atoms with Gasteiger partial charge in [0.1, 0.15) is 0 Å². The smallest absolute Gasteiger partial charge is 0.221 e. The second kappa shape index (κ2) is 11.5. The van der Waals surface area contributed by atoms with E-state index in [9.17, 15) is 4.79 Å². The molecule has 3 N–H and O–H groups in total. The molecule has 0 radical (unpaired) electrons. The largest absolute Gasteiger partial charge is 0.356 e. The van der Waals surface area contributed by atoms with Crippen molar-refractivity contribution in [3.63, 3.8) is 0 Å². The van der Waals surface area contributed by atoms with E-state index in [4.69, 9.17) is 11.6 Å². The van der Waals surface area contributed by atoms with Gasteiger partial charge in [0.25, 0.3) is 0 Å². The third kappa shape index (κ3) is 9.09. The van der Waals surface area contributed by atoms with E-state index >= 15 is 0 Å². The lowest BCUT2D eigenvalue weighted by molar-refractivity contribution is -0.121. The van der Waals surface area contributed by atoms with Crippen molar-refractivity contribution in [2.45, 2.75) is 32.9 Å². The Morgan fingerprint density at radius 3 is 2.64 bits per heavy atom. The van der Waals surface area contributed by atoms with Gasteiger partial charge in [-0.05, 0) is 31.5 Å². The zero-order valence-electron chi connectivity index (χ0n) is 13.1. The summed E-state index contributed by atoms with van der Waals surface area (Å²) >= 11 is 5.94. The molecule has 0 unspecified atom stereocenters. The Balaban J connectivity index is 0.00000441. The van der Waals surface area contributed by atoms with Crippen molar-refractivity contribution >= 4 is 47.4 Å². The number of nitrogens with zero attached hydrogens (tertiary/aromatic N) is 1. The summed E-state index contributed by atoms with van der Waals surface area (Å²) in [5, 5.41) is 9.83. The monoisotopic (exact) mass is 438 g/mol. The second-order valence-corrected chi connectivity index (χ2v) is 5.39.